The molecule has 2 heteroatoms. The molecule has 0 saturated carbocycles. The van der Waals surface area contributed by atoms with Gasteiger partial charge in [-0.1, -0.05) is 27.7 Å². The second-order valence-electron chi connectivity index (χ2n) is 4.58. The molecule has 0 amide bonds. The minimum atomic E-state index is 0.187. The number of rotatable bonds is 6. The van der Waals surface area contributed by atoms with Gasteiger partial charge in [0, 0.05) is 13.2 Å². The molecule has 0 aromatic carbocycles. The van der Waals surface area contributed by atoms with Crippen molar-refractivity contribution in [2.75, 3.05) is 7.11 Å². The highest BCUT2D eigenvalue weighted by molar-refractivity contribution is 4.76. The summed E-state index contributed by atoms with van der Waals surface area (Å²) in [4.78, 5) is 0. The van der Waals surface area contributed by atoms with Crippen LogP contribution < -0.4 is 5.73 Å². The fourth-order valence-corrected chi connectivity index (χ4v) is 1.63. The Bertz CT molecular complexity index is 123. The van der Waals surface area contributed by atoms with E-state index in [1.165, 1.54) is 6.42 Å². The molecule has 2 nitrogen and oxygen atoms in total. The van der Waals surface area contributed by atoms with Crippen LogP contribution in [0.3, 0.4) is 0 Å². The third kappa shape index (κ3) is 5.27. The monoisotopic (exact) mass is 187 g/mol. The van der Waals surface area contributed by atoms with Crippen molar-refractivity contribution < 1.29 is 4.74 Å². The minimum Gasteiger partial charge on any atom is -0.380 e. The van der Waals surface area contributed by atoms with Gasteiger partial charge in [-0.3, -0.25) is 0 Å². The Morgan fingerprint density at radius 3 is 1.92 bits per heavy atom. The van der Waals surface area contributed by atoms with Gasteiger partial charge in [0.05, 0.1) is 6.10 Å². The van der Waals surface area contributed by atoms with Gasteiger partial charge in [0.25, 0.3) is 0 Å². The molecule has 0 aromatic heterocycles. The van der Waals surface area contributed by atoms with E-state index in [1.54, 1.807) is 7.11 Å². The standard InChI is InChI=1S/C11H25NO/c1-8(2)6-7-10(12)11(13-5)9(3)4/h8-11H,6-7,12H2,1-5H3. The highest BCUT2D eigenvalue weighted by atomic mass is 16.5. The molecule has 0 saturated heterocycles. The first-order valence-electron chi connectivity index (χ1n) is 5.27. The van der Waals surface area contributed by atoms with Crippen LogP contribution >= 0.6 is 0 Å². The molecule has 0 heterocycles. The minimum absolute atomic E-state index is 0.187. The van der Waals surface area contributed by atoms with E-state index >= 15 is 0 Å². The van der Waals surface area contributed by atoms with Crippen LogP contribution in [-0.4, -0.2) is 19.3 Å². The summed E-state index contributed by atoms with van der Waals surface area (Å²) in [6, 6.07) is 0.187. The lowest BCUT2D eigenvalue weighted by atomic mass is 9.94. The van der Waals surface area contributed by atoms with E-state index in [0.717, 1.165) is 12.3 Å². The Labute approximate surface area is 82.8 Å². The van der Waals surface area contributed by atoms with E-state index < -0.39 is 0 Å². The first kappa shape index (κ1) is 12.9. The molecule has 0 bridgehead atoms. The average molecular weight is 187 g/mol. The Morgan fingerprint density at radius 1 is 1.08 bits per heavy atom. The van der Waals surface area contributed by atoms with Crippen LogP contribution in [0.25, 0.3) is 0 Å². The maximum Gasteiger partial charge on any atom is 0.0744 e. The number of hydrogen-bond donors (Lipinski definition) is 1. The van der Waals surface area contributed by atoms with E-state index in [2.05, 4.69) is 27.7 Å². The first-order chi connectivity index (χ1) is 5.99. The van der Waals surface area contributed by atoms with Crippen molar-refractivity contribution in [3.05, 3.63) is 0 Å². The summed E-state index contributed by atoms with van der Waals surface area (Å²) in [6.07, 6.45) is 2.46. The van der Waals surface area contributed by atoms with Crippen LogP contribution in [0.2, 0.25) is 0 Å². The van der Waals surface area contributed by atoms with Gasteiger partial charge in [0.2, 0.25) is 0 Å². The second-order valence-corrected chi connectivity index (χ2v) is 4.58. The third-order valence-electron chi connectivity index (χ3n) is 2.43. The van der Waals surface area contributed by atoms with Gasteiger partial charge in [0.1, 0.15) is 0 Å². The lowest BCUT2D eigenvalue weighted by molar-refractivity contribution is 0.0405. The van der Waals surface area contributed by atoms with Crippen molar-refractivity contribution in [1.29, 1.82) is 0 Å². The molecular formula is C11H25NO. The number of ether oxygens (including phenoxy) is 1. The van der Waals surface area contributed by atoms with Crippen molar-refractivity contribution in [3.63, 3.8) is 0 Å². The zero-order chi connectivity index (χ0) is 10.4. The van der Waals surface area contributed by atoms with Crippen LogP contribution in [0.4, 0.5) is 0 Å². The van der Waals surface area contributed by atoms with Gasteiger partial charge in [-0.25, -0.2) is 0 Å². The smallest absolute Gasteiger partial charge is 0.0744 e. The van der Waals surface area contributed by atoms with Gasteiger partial charge in [-0.2, -0.15) is 0 Å². The van der Waals surface area contributed by atoms with Crippen molar-refractivity contribution in [3.8, 4) is 0 Å². The Hall–Kier alpha value is -0.0800. The molecule has 0 aromatic rings. The summed E-state index contributed by atoms with van der Waals surface area (Å²) in [6.45, 7) is 8.76. The summed E-state index contributed by atoms with van der Waals surface area (Å²) in [5.41, 5.74) is 6.05. The van der Waals surface area contributed by atoms with Crippen LogP contribution in [-0.2, 0) is 4.74 Å². The van der Waals surface area contributed by atoms with E-state index in [1.807, 2.05) is 0 Å². The topological polar surface area (TPSA) is 35.2 Å². The predicted molar refractivity (Wildman–Crippen MR) is 57.7 cm³/mol. The summed E-state index contributed by atoms with van der Waals surface area (Å²) in [5.74, 6) is 1.24. The molecule has 2 unspecified atom stereocenters. The van der Waals surface area contributed by atoms with Gasteiger partial charge < -0.3 is 10.5 Å². The zero-order valence-corrected chi connectivity index (χ0v) is 9.71. The van der Waals surface area contributed by atoms with Gasteiger partial charge >= 0.3 is 0 Å². The van der Waals surface area contributed by atoms with E-state index in [0.29, 0.717) is 5.92 Å². The van der Waals surface area contributed by atoms with E-state index in [-0.39, 0.29) is 12.1 Å². The van der Waals surface area contributed by atoms with E-state index in [4.69, 9.17) is 10.5 Å². The number of hydrogen-bond acceptors (Lipinski definition) is 2. The molecule has 0 radical (unpaired) electrons. The summed E-state index contributed by atoms with van der Waals surface area (Å²) >= 11 is 0. The van der Waals surface area contributed by atoms with Gasteiger partial charge in [-0.05, 0) is 24.7 Å². The van der Waals surface area contributed by atoms with Crippen molar-refractivity contribution in [2.24, 2.45) is 17.6 Å². The first-order valence-corrected chi connectivity index (χ1v) is 5.27. The molecule has 80 valence electrons. The fraction of sp³-hybridized carbons (Fsp3) is 1.00. The average Bonchev–Trinajstić information content (AvgIpc) is 2.01. The summed E-state index contributed by atoms with van der Waals surface area (Å²) in [5, 5.41) is 0. The van der Waals surface area contributed by atoms with Crippen molar-refractivity contribution >= 4 is 0 Å². The number of nitrogens with two attached hydrogens (primary N) is 1. The van der Waals surface area contributed by atoms with Crippen LogP contribution in [0, 0.1) is 11.8 Å². The normalized spacial score (nSPS) is 16.6. The molecular weight excluding hydrogens is 162 g/mol. The lowest BCUT2D eigenvalue weighted by Gasteiger charge is -2.26. The molecule has 0 aliphatic carbocycles. The highest BCUT2D eigenvalue weighted by Crippen LogP contribution is 2.15. The molecule has 2 atom stereocenters. The van der Waals surface area contributed by atoms with Crippen molar-refractivity contribution in [2.45, 2.75) is 52.7 Å². The molecule has 0 aliphatic heterocycles. The third-order valence-corrected chi connectivity index (χ3v) is 2.43. The van der Waals surface area contributed by atoms with Crippen LogP contribution in [0.5, 0.6) is 0 Å². The largest absolute Gasteiger partial charge is 0.380 e. The molecule has 0 fully saturated rings. The Balaban J connectivity index is 3.84. The molecule has 0 aliphatic rings. The van der Waals surface area contributed by atoms with Crippen molar-refractivity contribution in [1.82, 2.24) is 0 Å². The van der Waals surface area contributed by atoms with Crippen LogP contribution in [0.15, 0.2) is 0 Å². The van der Waals surface area contributed by atoms with Gasteiger partial charge in [-0.15, -0.1) is 0 Å². The Kier molecular flexibility index (Phi) is 6.35. The number of methoxy groups -OCH3 is 1. The summed E-state index contributed by atoms with van der Waals surface area (Å²) in [7, 11) is 1.75. The zero-order valence-electron chi connectivity index (χ0n) is 9.71. The lowest BCUT2D eigenvalue weighted by Crippen LogP contribution is -2.39. The maximum absolute atomic E-state index is 6.05. The summed E-state index contributed by atoms with van der Waals surface area (Å²) < 4.78 is 5.38. The van der Waals surface area contributed by atoms with Crippen LogP contribution in [0.1, 0.15) is 40.5 Å². The quantitative estimate of drug-likeness (QED) is 0.693. The second kappa shape index (κ2) is 6.39. The maximum atomic E-state index is 6.05. The molecule has 2 N–H and O–H groups in total. The van der Waals surface area contributed by atoms with E-state index in [9.17, 15) is 0 Å². The molecule has 13 heavy (non-hydrogen) atoms. The fourth-order valence-electron chi connectivity index (χ4n) is 1.63. The highest BCUT2D eigenvalue weighted by Gasteiger charge is 2.20. The predicted octanol–water partition coefficient (Wildman–Crippen LogP) is 2.42. The SMILES string of the molecule is COC(C(C)C)C(N)CCC(C)C. The Morgan fingerprint density at radius 2 is 1.62 bits per heavy atom. The van der Waals surface area contributed by atoms with Gasteiger partial charge in [0.15, 0.2) is 0 Å². The molecule has 0 spiro atoms. The molecule has 0 rings (SSSR count).